The SMILES string of the molecule is CSNc1ccc(Cl)cc1C(=O)N1CCCCC1c1cc2nc(N3C[CH-]CC3)c(C)cn2n1.[CH3-].[Y]. The second kappa shape index (κ2) is 12.3. The number of nitrogens with one attached hydrogen (secondary N) is 1. The fourth-order valence-corrected chi connectivity index (χ4v) is 5.38. The molecule has 2 aliphatic rings. The maximum absolute atomic E-state index is 13.7. The molecule has 2 saturated heterocycles. The molecule has 185 valence electrons. The molecular formula is C25H31ClN6OSY-2. The zero-order valence-corrected chi connectivity index (χ0v) is 24.9. The summed E-state index contributed by atoms with van der Waals surface area (Å²) in [7, 11) is 0. The molecule has 3 aromatic rings. The van der Waals surface area contributed by atoms with Crippen molar-refractivity contribution in [1.82, 2.24) is 19.5 Å². The smallest absolute Gasteiger partial charge is 0.256 e. The van der Waals surface area contributed by atoms with E-state index in [1.807, 2.05) is 34.0 Å². The van der Waals surface area contributed by atoms with E-state index in [0.29, 0.717) is 17.1 Å². The number of hydrogen-bond acceptors (Lipinski definition) is 6. The monoisotopic (exact) mass is 587 g/mol. The summed E-state index contributed by atoms with van der Waals surface area (Å²) in [5.74, 6) is 0.999. The molecule has 5 rings (SSSR count). The summed E-state index contributed by atoms with van der Waals surface area (Å²) < 4.78 is 5.06. The Morgan fingerprint density at radius 1 is 1.26 bits per heavy atom. The number of anilines is 2. The number of amides is 1. The van der Waals surface area contributed by atoms with E-state index in [2.05, 4.69) is 23.0 Å². The Morgan fingerprint density at radius 3 is 2.83 bits per heavy atom. The summed E-state index contributed by atoms with van der Waals surface area (Å²) in [5.41, 5.74) is 4.19. The van der Waals surface area contributed by atoms with Crippen LogP contribution in [0.5, 0.6) is 0 Å². The summed E-state index contributed by atoms with van der Waals surface area (Å²) in [6.45, 7) is 4.71. The number of carbonyl (C=O) groups excluding carboxylic acids is 1. The van der Waals surface area contributed by atoms with Gasteiger partial charge < -0.3 is 28.4 Å². The van der Waals surface area contributed by atoms with Crippen molar-refractivity contribution in [1.29, 1.82) is 0 Å². The van der Waals surface area contributed by atoms with Gasteiger partial charge in [-0.1, -0.05) is 23.5 Å². The second-order valence-electron chi connectivity index (χ2n) is 8.65. The van der Waals surface area contributed by atoms with Crippen molar-refractivity contribution in [2.75, 3.05) is 35.5 Å². The van der Waals surface area contributed by atoms with Crippen LogP contribution >= 0.6 is 23.5 Å². The van der Waals surface area contributed by atoms with Gasteiger partial charge in [-0.2, -0.15) is 11.5 Å². The van der Waals surface area contributed by atoms with Gasteiger partial charge >= 0.3 is 0 Å². The van der Waals surface area contributed by atoms with Crippen LogP contribution in [0.1, 0.15) is 53.3 Å². The maximum atomic E-state index is 13.7. The summed E-state index contributed by atoms with van der Waals surface area (Å²) in [5, 5.41) is 5.41. The number of likely N-dealkylation sites (tertiary alicyclic amines) is 1. The van der Waals surface area contributed by atoms with Gasteiger partial charge in [0.1, 0.15) is 5.82 Å². The van der Waals surface area contributed by atoms with Crippen LogP contribution in [0.4, 0.5) is 11.5 Å². The van der Waals surface area contributed by atoms with Gasteiger partial charge in [-0.3, -0.25) is 4.79 Å². The van der Waals surface area contributed by atoms with Crippen molar-refractivity contribution < 1.29 is 37.5 Å². The molecule has 1 aromatic carbocycles. The van der Waals surface area contributed by atoms with E-state index in [4.69, 9.17) is 21.7 Å². The molecule has 0 bridgehead atoms. The molecule has 35 heavy (non-hydrogen) atoms. The zero-order valence-electron chi connectivity index (χ0n) is 20.5. The van der Waals surface area contributed by atoms with E-state index in [-0.39, 0.29) is 52.1 Å². The minimum absolute atomic E-state index is 0. The third-order valence-electron chi connectivity index (χ3n) is 6.41. The van der Waals surface area contributed by atoms with Gasteiger partial charge in [0.05, 0.1) is 23.0 Å². The molecular weight excluding hydrogens is 557 g/mol. The molecule has 7 nitrogen and oxygen atoms in total. The second-order valence-corrected chi connectivity index (χ2v) is 9.70. The van der Waals surface area contributed by atoms with Crippen LogP contribution in [-0.2, 0) is 32.7 Å². The molecule has 4 heterocycles. The normalized spacial score (nSPS) is 17.7. The zero-order chi connectivity index (χ0) is 22.9. The topological polar surface area (TPSA) is 65.8 Å². The van der Waals surface area contributed by atoms with Crippen LogP contribution in [0.2, 0.25) is 5.02 Å². The predicted octanol–water partition coefficient (Wildman–Crippen LogP) is 5.61. The molecule has 2 fully saturated rings. The Kier molecular flexibility index (Phi) is 9.89. The Bertz CT molecular complexity index is 1180. The fraction of sp³-hybridized carbons (Fsp3) is 0.400. The Balaban J connectivity index is 0.00000171. The fourth-order valence-electron chi connectivity index (χ4n) is 4.81. The van der Waals surface area contributed by atoms with Gasteiger partial charge in [0.25, 0.3) is 5.91 Å². The van der Waals surface area contributed by atoms with Gasteiger partial charge in [0.15, 0.2) is 5.65 Å². The average Bonchev–Trinajstić information content (AvgIpc) is 3.49. The van der Waals surface area contributed by atoms with Crippen molar-refractivity contribution in [3.8, 4) is 0 Å². The summed E-state index contributed by atoms with van der Waals surface area (Å²) in [6, 6.07) is 7.37. The molecule has 0 aliphatic carbocycles. The van der Waals surface area contributed by atoms with Gasteiger partial charge in [0, 0.05) is 68.4 Å². The molecule has 1 N–H and O–H groups in total. The molecule has 1 unspecified atom stereocenters. The van der Waals surface area contributed by atoms with Crippen molar-refractivity contribution in [2.24, 2.45) is 0 Å². The van der Waals surface area contributed by atoms with E-state index in [9.17, 15) is 4.79 Å². The largest absolute Gasteiger partial charge is 0.389 e. The number of fused-ring (bicyclic) bond motifs is 1. The predicted molar refractivity (Wildman–Crippen MR) is 141 cm³/mol. The first kappa shape index (κ1) is 28.2. The van der Waals surface area contributed by atoms with Gasteiger partial charge in [-0.05, 0) is 50.9 Å². The molecule has 2 aliphatic heterocycles. The van der Waals surface area contributed by atoms with E-state index >= 15 is 0 Å². The van der Waals surface area contributed by atoms with Gasteiger partial charge in [-0.15, -0.1) is 6.54 Å². The van der Waals surface area contributed by atoms with Crippen LogP contribution in [0.3, 0.4) is 0 Å². The van der Waals surface area contributed by atoms with E-state index < -0.39 is 0 Å². The van der Waals surface area contributed by atoms with Crippen molar-refractivity contribution in [3.63, 3.8) is 0 Å². The standard InChI is InChI=1S/C24H28ClN6OS.CH3.Y/c1-16-15-31-22(26-23(16)29-10-5-6-11-29)14-20(27-31)21-7-3-4-12-30(21)24(32)18-13-17(25)8-9-19(18)28-33-2;;/h5,8-9,13-15,21,28H,3-4,6-7,10-12H2,1-2H3;1H3;/q2*-1;. The Labute approximate surface area is 242 Å². The number of aromatic nitrogens is 3. The van der Waals surface area contributed by atoms with Crippen LogP contribution in [0.15, 0.2) is 30.5 Å². The number of carbonyl (C=O) groups is 1. The Morgan fingerprint density at radius 2 is 2.09 bits per heavy atom. The third-order valence-corrected chi connectivity index (χ3v) is 7.06. The van der Waals surface area contributed by atoms with E-state index in [1.165, 1.54) is 11.9 Å². The van der Waals surface area contributed by atoms with Gasteiger partial charge in [-0.25, -0.2) is 9.50 Å². The van der Waals surface area contributed by atoms with Gasteiger partial charge in [0.2, 0.25) is 0 Å². The molecule has 0 spiro atoms. The number of rotatable bonds is 5. The quantitative estimate of drug-likeness (QED) is 0.309. The van der Waals surface area contributed by atoms with Crippen LogP contribution < -0.4 is 9.62 Å². The van der Waals surface area contributed by atoms with Crippen molar-refractivity contribution >= 4 is 46.6 Å². The number of nitrogens with zero attached hydrogens (tertiary/aromatic N) is 5. The molecule has 2 aromatic heterocycles. The number of piperidine rings is 1. The van der Waals surface area contributed by atoms with Crippen LogP contribution in [0.25, 0.3) is 5.65 Å². The molecule has 0 saturated carbocycles. The molecule has 1 amide bonds. The van der Waals surface area contributed by atoms with E-state index in [1.54, 1.807) is 12.1 Å². The van der Waals surface area contributed by atoms with E-state index in [0.717, 1.165) is 67.2 Å². The first-order chi connectivity index (χ1) is 16.0. The first-order valence-electron chi connectivity index (χ1n) is 11.4. The summed E-state index contributed by atoms with van der Waals surface area (Å²) >= 11 is 7.71. The maximum Gasteiger partial charge on any atom is 0.256 e. The Hall–Kier alpha value is -1.35. The van der Waals surface area contributed by atoms with Crippen molar-refractivity contribution in [2.45, 2.75) is 38.6 Å². The molecule has 10 heteroatoms. The van der Waals surface area contributed by atoms with Crippen molar-refractivity contribution in [3.05, 3.63) is 66.2 Å². The summed E-state index contributed by atoms with van der Waals surface area (Å²) in [6.07, 6.45) is 10.3. The summed E-state index contributed by atoms with van der Waals surface area (Å²) in [4.78, 5) is 22.9. The van der Waals surface area contributed by atoms with Crippen LogP contribution in [-0.4, -0.2) is 51.3 Å². The number of hydrogen-bond donors (Lipinski definition) is 1. The number of aryl methyl sites for hydroxylation is 1. The first-order valence-corrected chi connectivity index (χ1v) is 13.0. The molecule has 1 radical (unpaired) electrons. The minimum Gasteiger partial charge on any atom is -0.389 e. The third kappa shape index (κ3) is 5.81. The molecule has 1 atom stereocenters. The number of halogens is 1. The number of benzene rings is 1. The van der Waals surface area contributed by atoms with Crippen LogP contribution in [0, 0.1) is 20.8 Å². The minimum atomic E-state index is -0.0852. The average molecular weight is 588 g/mol.